The molecule has 0 unspecified atom stereocenters. The van der Waals surface area contributed by atoms with Gasteiger partial charge in [-0.1, -0.05) is 12.2 Å². The summed E-state index contributed by atoms with van der Waals surface area (Å²) < 4.78 is 15.6. The minimum absolute atomic E-state index is 0.0996. The topological polar surface area (TPSA) is 149 Å². The van der Waals surface area contributed by atoms with Gasteiger partial charge in [0.15, 0.2) is 11.5 Å². The number of nitrogens with one attached hydrogen (secondary N) is 2. The van der Waals surface area contributed by atoms with Crippen LogP contribution in [0.15, 0.2) is 42.9 Å². The number of alkyl halides is 1. The number of carbonyl (C=O) groups excluding carboxylic acids is 1. The van der Waals surface area contributed by atoms with Crippen molar-refractivity contribution in [3.63, 3.8) is 0 Å². The summed E-state index contributed by atoms with van der Waals surface area (Å²) >= 11 is 0. The van der Waals surface area contributed by atoms with Crippen LogP contribution in [-0.4, -0.2) is 66.8 Å². The number of anilines is 1. The summed E-state index contributed by atoms with van der Waals surface area (Å²) in [4.78, 5) is 21.4. The zero-order valence-corrected chi connectivity index (χ0v) is 19.1. The predicted octanol–water partition coefficient (Wildman–Crippen LogP) is 1.87. The number of carbonyl (C=O) groups is 1. The Morgan fingerprint density at radius 2 is 2.06 bits per heavy atom. The number of hydrogen-bond donors (Lipinski definition) is 4. The van der Waals surface area contributed by atoms with E-state index in [-0.39, 0.29) is 12.2 Å². The average molecular weight is 468 g/mol. The summed E-state index contributed by atoms with van der Waals surface area (Å²) in [5, 5.41) is 39.0. The fraction of sp³-hybridized carbons (Fsp3) is 0.348. The van der Waals surface area contributed by atoms with Gasteiger partial charge in [0.1, 0.15) is 12.2 Å². The highest BCUT2D eigenvalue weighted by Crippen LogP contribution is 2.23. The Labute approximate surface area is 195 Å². The molecular formula is C23H26FN7O3. The van der Waals surface area contributed by atoms with Crippen LogP contribution in [0.5, 0.6) is 0 Å². The summed E-state index contributed by atoms with van der Waals surface area (Å²) in [6.45, 7) is 7.52. The summed E-state index contributed by atoms with van der Waals surface area (Å²) in [5.41, 5.74) is 0.270. The molecule has 10 nitrogen and oxygen atoms in total. The van der Waals surface area contributed by atoms with Crippen LogP contribution >= 0.6 is 0 Å². The summed E-state index contributed by atoms with van der Waals surface area (Å²) in [5.74, 6) is -0.293. The highest BCUT2D eigenvalue weighted by Gasteiger charge is 2.27. The molecule has 0 bridgehead atoms. The van der Waals surface area contributed by atoms with E-state index in [1.54, 1.807) is 25.3 Å². The molecule has 0 aromatic carbocycles. The van der Waals surface area contributed by atoms with E-state index in [2.05, 4.69) is 32.3 Å². The zero-order valence-electron chi connectivity index (χ0n) is 19.1. The number of pyridine rings is 2. The van der Waals surface area contributed by atoms with E-state index < -0.39 is 30.3 Å². The van der Waals surface area contributed by atoms with Gasteiger partial charge in [-0.25, -0.2) is 14.4 Å². The van der Waals surface area contributed by atoms with Crippen molar-refractivity contribution in [1.82, 2.24) is 25.1 Å². The third-order valence-electron chi connectivity index (χ3n) is 5.20. The molecule has 0 aliphatic heterocycles. The lowest BCUT2D eigenvalue weighted by Gasteiger charge is -2.23. The third-order valence-corrected chi connectivity index (χ3v) is 5.20. The second-order valence-electron chi connectivity index (χ2n) is 8.45. The van der Waals surface area contributed by atoms with E-state index >= 15 is 0 Å². The Hall–Kier alpha value is -3.88. The largest absolute Gasteiger partial charge is 0.394 e. The molecule has 0 fully saturated rings. The highest BCUT2D eigenvalue weighted by atomic mass is 19.1. The molecule has 0 aliphatic carbocycles. The molecule has 11 heteroatoms. The molecule has 0 aliphatic rings. The summed E-state index contributed by atoms with van der Waals surface area (Å²) in [6, 6.07) is 4.66. The van der Waals surface area contributed by atoms with Gasteiger partial charge in [0.05, 0.1) is 47.8 Å². The van der Waals surface area contributed by atoms with Crippen molar-refractivity contribution in [2.75, 3.05) is 18.5 Å². The quantitative estimate of drug-likeness (QED) is 0.349. The lowest BCUT2D eigenvalue weighted by atomic mass is 10.0. The van der Waals surface area contributed by atoms with Crippen LogP contribution in [0.1, 0.15) is 36.7 Å². The van der Waals surface area contributed by atoms with E-state index in [0.717, 1.165) is 0 Å². The fourth-order valence-corrected chi connectivity index (χ4v) is 3.05. The predicted molar refractivity (Wildman–Crippen MR) is 124 cm³/mol. The average Bonchev–Trinajstić information content (AvgIpc) is 3.22. The number of aromatic nitrogens is 4. The number of halogens is 1. The molecule has 178 valence electrons. The van der Waals surface area contributed by atoms with Crippen molar-refractivity contribution >= 4 is 22.6 Å². The molecule has 2 atom stereocenters. The molecule has 0 radical (unpaired) electrons. The molecule has 3 rings (SSSR count). The van der Waals surface area contributed by atoms with Gasteiger partial charge in [0.2, 0.25) is 0 Å². The van der Waals surface area contributed by atoms with Crippen LogP contribution in [0.25, 0.3) is 16.9 Å². The van der Waals surface area contributed by atoms with Gasteiger partial charge in [-0.2, -0.15) is 15.0 Å². The first-order valence-electron chi connectivity index (χ1n) is 10.5. The Balaban J connectivity index is 2.00. The van der Waals surface area contributed by atoms with Crippen molar-refractivity contribution in [3.05, 3.63) is 54.0 Å². The maximum atomic E-state index is 14.1. The Morgan fingerprint density at radius 3 is 2.68 bits per heavy atom. The molecular weight excluding hydrogens is 441 g/mol. The first-order valence-corrected chi connectivity index (χ1v) is 10.5. The number of nitriles is 1. The fourth-order valence-electron chi connectivity index (χ4n) is 3.05. The van der Waals surface area contributed by atoms with Crippen LogP contribution in [-0.2, 0) is 0 Å². The normalized spacial score (nSPS) is 13.2. The van der Waals surface area contributed by atoms with E-state index in [9.17, 15) is 19.4 Å². The number of hydrogen-bond acceptors (Lipinski definition) is 8. The van der Waals surface area contributed by atoms with E-state index in [4.69, 9.17) is 5.26 Å². The van der Waals surface area contributed by atoms with Crippen molar-refractivity contribution in [1.29, 1.82) is 5.26 Å². The summed E-state index contributed by atoms with van der Waals surface area (Å²) in [7, 11) is 0. The van der Waals surface area contributed by atoms with Gasteiger partial charge < -0.3 is 20.8 Å². The number of nitrogens with zero attached hydrogens (tertiary/aromatic N) is 5. The number of aliphatic hydroxyl groups is 2. The third kappa shape index (κ3) is 5.36. The van der Waals surface area contributed by atoms with Crippen LogP contribution in [0.3, 0.4) is 0 Å². The summed E-state index contributed by atoms with van der Waals surface area (Å²) in [6.07, 6.45) is 2.58. The van der Waals surface area contributed by atoms with Crippen LogP contribution in [0, 0.1) is 11.3 Å². The first kappa shape index (κ1) is 24.8. The molecule has 34 heavy (non-hydrogen) atoms. The lowest BCUT2D eigenvalue weighted by molar-refractivity contribution is -0.00177. The maximum Gasteiger partial charge on any atom is 0.255 e. The van der Waals surface area contributed by atoms with Gasteiger partial charge in [-0.15, -0.1) is 0 Å². The van der Waals surface area contributed by atoms with Crippen LogP contribution in [0.4, 0.5) is 10.1 Å². The molecule has 3 aromatic heterocycles. The second-order valence-corrected chi connectivity index (χ2v) is 8.45. The second kappa shape index (κ2) is 9.94. The maximum absolute atomic E-state index is 14.1. The Kier molecular flexibility index (Phi) is 7.24. The minimum atomic E-state index is -1.68. The smallest absolute Gasteiger partial charge is 0.255 e. The number of rotatable bonds is 9. The first-order chi connectivity index (χ1) is 16.0. The lowest BCUT2D eigenvalue weighted by Crippen LogP contribution is -2.42. The van der Waals surface area contributed by atoms with Gasteiger partial charge >= 0.3 is 0 Å². The number of aliphatic hydroxyl groups excluding tert-OH is 1. The Bertz CT molecular complexity index is 1260. The molecule has 3 heterocycles. The highest BCUT2D eigenvalue weighted by molar-refractivity contribution is 5.99. The van der Waals surface area contributed by atoms with Crippen molar-refractivity contribution in [2.45, 2.75) is 38.6 Å². The van der Waals surface area contributed by atoms with E-state index in [0.29, 0.717) is 33.7 Å². The van der Waals surface area contributed by atoms with Gasteiger partial charge in [-0.3, -0.25) is 4.79 Å². The monoisotopic (exact) mass is 467 g/mol. The molecule has 4 N–H and O–H groups in total. The van der Waals surface area contributed by atoms with Crippen molar-refractivity contribution in [3.8, 4) is 11.9 Å². The Morgan fingerprint density at radius 1 is 1.32 bits per heavy atom. The molecule has 1 amide bonds. The van der Waals surface area contributed by atoms with Crippen LogP contribution in [0.2, 0.25) is 0 Å². The zero-order chi connectivity index (χ0) is 25.0. The molecule has 0 saturated heterocycles. The van der Waals surface area contributed by atoms with Crippen molar-refractivity contribution in [2.24, 2.45) is 0 Å². The molecule has 0 spiro atoms. The minimum Gasteiger partial charge on any atom is -0.394 e. The van der Waals surface area contributed by atoms with Crippen molar-refractivity contribution < 1.29 is 19.4 Å². The van der Waals surface area contributed by atoms with E-state index in [1.165, 1.54) is 30.9 Å². The number of fused-ring (bicyclic) bond motifs is 1. The SMILES string of the molecule is C=C(C)[C@@H](CO)Nc1cc(-n2ncc3cc(C#N)cnc32)ncc1C(=O)NC[C@@H](F)C(C)(C)O. The van der Waals surface area contributed by atoms with E-state index in [1.807, 2.05) is 6.07 Å². The molecule has 0 saturated carbocycles. The molecule has 3 aromatic rings. The van der Waals surface area contributed by atoms with Gasteiger partial charge in [0, 0.05) is 23.8 Å². The number of amides is 1. The van der Waals surface area contributed by atoms with Gasteiger partial charge in [0.25, 0.3) is 5.91 Å². The van der Waals surface area contributed by atoms with Gasteiger partial charge in [-0.05, 0) is 26.8 Å². The van der Waals surface area contributed by atoms with Crippen LogP contribution < -0.4 is 10.6 Å². The standard InChI is InChI=1S/C23H26FN7O3/c1-13(2)18(12-32)30-17-6-20(31-21-15(9-29-31)5-14(7-25)8-27-21)26-10-16(17)22(33)28-11-19(24)23(3,4)34/h5-6,8-10,18-19,32,34H,1,11-12H2,2-4H3,(H,26,30)(H,28,33)/t18-,19-/m1/s1.